The average molecular weight is 355 g/mol. The highest BCUT2D eigenvalue weighted by Crippen LogP contribution is 2.34. The van der Waals surface area contributed by atoms with E-state index in [-0.39, 0.29) is 11.5 Å². The molecule has 0 aliphatic rings. The van der Waals surface area contributed by atoms with Crippen molar-refractivity contribution < 1.29 is 10.2 Å². The number of aryl methyl sites for hydroxylation is 2. The number of benzene rings is 2. The fraction of sp³-hybridized carbons (Fsp3) is 0.263. The maximum atomic E-state index is 10.2. The van der Waals surface area contributed by atoms with E-state index < -0.39 is 0 Å². The van der Waals surface area contributed by atoms with Crippen LogP contribution in [0.1, 0.15) is 30.9 Å². The first-order valence-corrected chi connectivity index (χ1v) is 8.73. The Balaban J connectivity index is 2.08. The maximum Gasteiger partial charge on any atom is 0.145 e. The number of hydrogen-bond donors (Lipinski definition) is 3. The van der Waals surface area contributed by atoms with E-state index >= 15 is 0 Å². The lowest BCUT2D eigenvalue weighted by atomic mass is 10.00. The Hall–Kier alpha value is -2.47. The van der Waals surface area contributed by atoms with Crippen molar-refractivity contribution in [1.29, 1.82) is 0 Å². The summed E-state index contributed by atoms with van der Waals surface area (Å²) >= 11 is 4.44. The molecule has 25 heavy (non-hydrogen) atoms. The minimum Gasteiger partial charge on any atom is -0.508 e. The molecule has 0 aliphatic carbocycles. The SMILES string of the molecule is CCCCc1ccc(-c2c(S)nnn2-c2ccc(O)cc2O)c(C)c1. The largest absolute Gasteiger partial charge is 0.508 e. The molecule has 3 aromatic rings. The van der Waals surface area contributed by atoms with Crippen LogP contribution in [0.15, 0.2) is 41.4 Å². The summed E-state index contributed by atoms with van der Waals surface area (Å²) in [7, 11) is 0. The van der Waals surface area contributed by atoms with Gasteiger partial charge in [0.1, 0.15) is 27.9 Å². The predicted molar refractivity (Wildman–Crippen MR) is 101 cm³/mol. The van der Waals surface area contributed by atoms with Gasteiger partial charge >= 0.3 is 0 Å². The van der Waals surface area contributed by atoms with Crippen LogP contribution in [0, 0.1) is 6.92 Å². The number of hydrogen-bond acceptors (Lipinski definition) is 5. The minimum absolute atomic E-state index is 0.00882. The summed E-state index contributed by atoms with van der Waals surface area (Å²) in [6.45, 7) is 4.23. The van der Waals surface area contributed by atoms with Gasteiger partial charge in [-0.25, -0.2) is 4.68 Å². The molecule has 0 fully saturated rings. The molecule has 0 saturated heterocycles. The van der Waals surface area contributed by atoms with Crippen molar-refractivity contribution >= 4 is 12.6 Å². The second kappa shape index (κ2) is 7.19. The zero-order chi connectivity index (χ0) is 18.0. The van der Waals surface area contributed by atoms with Crippen molar-refractivity contribution in [3.63, 3.8) is 0 Å². The summed E-state index contributed by atoms with van der Waals surface area (Å²) in [5.41, 5.74) is 4.52. The van der Waals surface area contributed by atoms with E-state index in [0.717, 1.165) is 24.0 Å². The van der Waals surface area contributed by atoms with Crippen LogP contribution < -0.4 is 0 Å². The van der Waals surface area contributed by atoms with Gasteiger partial charge in [0.2, 0.25) is 0 Å². The molecule has 0 bridgehead atoms. The molecule has 0 unspecified atom stereocenters. The Labute approximate surface area is 152 Å². The van der Waals surface area contributed by atoms with E-state index in [2.05, 4.69) is 42.0 Å². The highest BCUT2D eigenvalue weighted by Gasteiger charge is 2.18. The Morgan fingerprint density at radius 1 is 1.12 bits per heavy atom. The Morgan fingerprint density at radius 3 is 2.60 bits per heavy atom. The molecule has 0 amide bonds. The fourth-order valence-electron chi connectivity index (χ4n) is 2.90. The van der Waals surface area contributed by atoms with Gasteiger partial charge in [-0.15, -0.1) is 17.7 Å². The van der Waals surface area contributed by atoms with E-state index in [9.17, 15) is 10.2 Å². The smallest absolute Gasteiger partial charge is 0.145 e. The van der Waals surface area contributed by atoms with Gasteiger partial charge in [-0.1, -0.05) is 36.8 Å². The first-order valence-electron chi connectivity index (χ1n) is 8.28. The number of aromatic nitrogens is 3. The van der Waals surface area contributed by atoms with Crippen LogP contribution in [-0.2, 0) is 6.42 Å². The highest BCUT2D eigenvalue weighted by molar-refractivity contribution is 7.80. The fourth-order valence-corrected chi connectivity index (χ4v) is 3.15. The number of aromatic hydroxyl groups is 2. The monoisotopic (exact) mass is 355 g/mol. The lowest BCUT2D eigenvalue weighted by Gasteiger charge is -2.12. The van der Waals surface area contributed by atoms with Gasteiger partial charge in [-0.2, -0.15) is 0 Å². The van der Waals surface area contributed by atoms with E-state index in [4.69, 9.17) is 0 Å². The summed E-state index contributed by atoms with van der Waals surface area (Å²) in [6.07, 6.45) is 3.39. The lowest BCUT2D eigenvalue weighted by Crippen LogP contribution is -2.01. The second-order valence-electron chi connectivity index (χ2n) is 6.10. The molecule has 5 nitrogen and oxygen atoms in total. The van der Waals surface area contributed by atoms with Crippen LogP contribution in [0.5, 0.6) is 11.5 Å². The number of phenolic OH excluding ortho intramolecular Hbond substituents is 2. The van der Waals surface area contributed by atoms with E-state index in [1.807, 2.05) is 13.0 Å². The second-order valence-corrected chi connectivity index (χ2v) is 6.52. The van der Waals surface area contributed by atoms with Crippen LogP contribution in [-0.4, -0.2) is 25.2 Å². The van der Waals surface area contributed by atoms with Gasteiger partial charge in [0, 0.05) is 11.6 Å². The molecule has 0 radical (unpaired) electrons. The molecule has 0 spiro atoms. The van der Waals surface area contributed by atoms with Gasteiger partial charge in [-0.3, -0.25) is 0 Å². The number of nitrogens with zero attached hydrogens (tertiary/aromatic N) is 3. The third-order valence-corrected chi connectivity index (χ3v) is 4.51. The van der Waals surface area contributed by atoms with Crippen molar-refractivity contribution in [3.8, 4) is 28.4 Å². The molecule has 1 aromatic heterocycles. The molecular weight excluding hydrogens is 334 g/mol. The molecule has 6 heteroatoms. The lowest BCUT2D eigenvalue weighted by molar-refractivity contribution is 0.447. The van der Waals surface area contributed by atoms with Crippen LogP contribution in [0.25, 0.3) is 16.9 Å². The van der Waals surface area contributed by atoms with Crippen LogP contribution >= 0.6 is 12.6 Å². The molecule has 130 valence electrons. The third-order valence-electron chi connectivity index (χ3n) is 4.20. The van der Waals surface area contributed by atoms with Crippen LogP contribution in [0.4, 0.5) is 0 Å². The number of thiol groups is 1. The predicted octanol–water partition coefficient (Wildman–Crippen LogP) is 4.29. The van der Waals surface area contributed by atoms with Crippen molar-refractivity contribution in [2.75, 3.05) is 0 Å². The molecule has 0 atom stereocenters. The van der Waals surface area contributed by atoms with Gasteiger partial charge < -0.3 is 10.2 Å². The number of phenols is 2. The Kier molecular flexibility index (Phi) is 4.99. The van der Waals surface area contributed by atoms with Crippen molar-refractivity contribution in [3.05, 3.63) is 47.5 Å². The summed E-state index contributed by atoms with van der Waals surface area (Å²) < 4.78 is 1.55. The van der Waals surface area contributed by atoms with Gasteiger partial charge in [0.25, 0.3) is 0 Å². The molecule has 3 rings (SSSR count). The normalized spacial score (nSPS) is 11.0. The van der Waals surface area contributed by atoms with Gasteiger partial charge in [0.15, 0.2) is 0 Å². The van der Waals surface area contributed by atoms with Gasteiger partial charge in [-0.05, 0) is 43.0 Å². The topological polar surface area (TPSA) is 71.2 Å². The number of unbranched alkanes of at least 4 members (excludes halogenated alkanes) is 1. The Bertz CT molecular complexity index is 906. The average Bonchev–Trinajstić information content (AvgIpc) is 2.94. The third kappa shape index (κ3) is 3.49. The van der Waals surface area contributed by atoms with E-state index in [1.165, 1.54) is 24.1 Å². The standard InChI is InChI=1S/C19H21N3O2S/c1-3-4-5-13-6-8-15(12(2)10-13)18-19(25)20-21-22(18)16-9-7-14(23)11-17(16)24/h6-11,23-25H,3-5H2,1-2H3. The van der Waals surface area contributed by atoms with Crippen LogP contribution in [0.2, 0.25) is 0 Å². The molecule has 1 heterocycles. The molecule has 2 N–H and O–H groups in total. The quantitative estimate of drug-likeness (QED) is 0.597. The van der Waals surface area contributed by atoms with E-state index in [1.54, 1.807) is 10.7 Å². The van der Waals surface area contributed by atoms with E-state index in [0.29, 0.717) is 16.4 Å². The van der Waals surface area contributed by atoms with Crippen molar-refractivity contribution in [2.24, 2.45) is 0 Å². The first kappa shape index (κ1) is 17.4. The summed E-state index contributed by atoms with van der Waals surface area (Å²) in [4.78, 5) is 0. The molecule has 2 aromatic carbocycles. The molecule has 0 saturated carbocycles. The summed E-state index contributed by atoms with van der Waals surface area (Å²) in [5.74, 6) is -0.0813. The maximum absolute atomic E-state index is 10.2. The molecule has 0 aliphatic heterocycles. The minimum atomic E-state index is -0.0725. The summed E-state index contributed by atoms with van der Waals surface area (Å²) in [6, 6.07) is 10.7. The summed E-state index contributed by atoms with van der Waals surface area (Å²) in [5, 5.41) is 28.3. The zero-order valence-electron chi connectivity index (χ0n) is 14.3. The van der Waals surface area contributed by atoms with Crippen LogP contribution in [0.3, 0.4) is 0 Å². The zero-order valence-corrected chi connectivity index (χ0v) is 15.2. The number of rotatable bonds is 5. The van der Waals surface area contributed by atoms with Crippen molar-refractivity contribution in [2.45, 2.75) is 38.1 Å². The Morgan fingerprint density at radius 2 is 1.92 bits per heavy atom. The molecular formula is C19H21N3O2S. The highest BCUT2D eigenvalue weighted by atomic mass is 32.1. The van der Waals surface area contributed by atoms with Crippen molar-refractivity contribution in [1.82, 2.24) is 15.0 Å². The van der Waals surface area contributed by atoms with Gasteiger partial charge in [0.05, 0.1) is 0 Å². The first-order chi connectivity index (χ1) is 12.0.